The van der Waals surface area contributed by atoms with Crippen LogP contribution >= 0.6 is 0 Å². The number of aromatic nitrogens is 3. The molecule has 8 heteroatoms. The molecule has 4 rings (SSSR count). The van der Waals surface area contributed by atoms with Crippen LogP contribution in [-0.2, 0) is 6.54 Å². The van der Waals surface area contributed by atoms with E-state index in [1.54, 1.807) is 0 Å². The fraction of sp³-hybridized carbons (Fsp3) is 0.111. The summed E-state index contributed by atoms with van der Waals surface area (Å²) in [5, 5.41) is 16.5. The second kappa shape index (κ2) is 5.99. The van der Waals surface area contributed by atoms with Crippen molar-refractivity contribution in [1.29, 1.82) is 0 Å². The van der Waals surface area contributed by atoms with Gasteiger partial charge in [0.05, 0.1) is 4.92 Å². The summed E-state index contributed by atoms with van der Waals surface area (Å²) >= 11 is 0. The highest BCUT2D eigenvalue weighted by Gasteiger charge is 2.21. The molecule has 0 atom stereocenters. The lowest BCUT2D eigenvalue weighted by atomic mass is 10.1. The summed E-state index contributed by atoms with van der Waals surface area (Å²) in [7, 11) is 0. The number of benzene rings is 2. The van der Waals surface area contributed by atoms with Crippen LogP contribution in [0, 0.1) is 10.1 Å². The molecule has 0 aliphatic heterocycles. The first-order valence-electron chi connectivity index (χ1n) is 8.13. The van der Waals surface area contributed by atoms with Gasteiger partial charge in [0.15, 0.2) is 0 Å². The minimum Gasteiger partial charge on any atom is -0.378 e. The van der Waals surface area contributed by atoms with Crippen LogP contribution < -0.4 is 11.1 Å². The summed E-state index contributed by atoms with van der Waals surface area (Å²) in [5.74, 6) is -0.0998. The number of anilines is 3. The summed E-state index contributed by atoms with van der Waals surface area (Å²) in [4.78, 5) is 18.3. The molecule has 8 nitrogen and oxygen atoms in total. The van der Waals surface area contributed by atoms with Crippen LogP contribution in [0.1, 0.15) is 6.92 Å². The molecule has 2 aromatic carbocycles. The number of hydrogen-bond donors (Lipinski definition) is 2. The molecular weight excluding hydrogens is 332 g/mol. The first kappa shape index (κ1) is 15.8. The largest absolute Gasteiger partial charge is 0.378 e. The lowest BCUT2D eigenvalue weighted by Gasteiger charge is -2.08. The van der Waals surface area contributed by atoms with E-state index in [0.717, 1.165) is 28.4 Å². The molecule has 0 saturated carbocycles. The Morgan fingerprint density at radius 1 is 1.15 bits per heavy atom. The van der Waals surface area contributed by atoms with Crippen LogP contribution in [0.25, 0.3) is 21.8 Å². The fourth-order valence-electron chi connectivity index (χ4n) is 3.27. The van der Waals surface area contributed by atoms with Crippen molar-refractivity contribution >= 4 is 44.8 Å². The molecule has 0 aliphatic rings. The first-order valence-corrected chi connectivity index (χ1v) is 8.13. The van der Waals surface area contributed by atoms with Crippen LogP contribution in [0.2, 0.25) is 0 Å². The van der Waals surface area contributed by atoms with Crippen molar-refractivity contribution in [3.63, 3.8) is 0 Å². The molecular formula is C18H16N6O2. The molecule has 0 fully saturated rings. The Morgan fingerprint density at radius 2 is 1.92 bits per heavy atom. The second-order valence-corrected chi connectivity index (χ2v) is 5.83. The van der Waals surface area contributed by atoms with Gasteiger partial charge in [-0.25, -0.2) is 9.97 Å². The molecule has 2 heterocycles. The molecule has 0 unspecified atom stereocenters. The minimum absolute atomic E-state index is 0.0704. The minimum atomic E-state index is -0.584. The van der Waals surface area contributed by atoms with E-state index >= 15 is 0 Å². The Balaban J connectivity index is 1.86. The van der Waals surface area contributed by atoms with Gasteiger partial charge < -0.3 is 15.6 Å². The van der Waals surface area contributed by atoms with Crippen LogP contribution in [0.5, 0.6) is 0 Å². The average Bonchev–Trinajstić information content (AvgIpc) is 2.94. The zero-order valence-corrected chi connectivity index (χ0v) is 14.0. The predicted molar refractivity (Wildman–Crippen MR) is 101 cm³/mol. The van der Waals surface area contributed by atoms with E-state index in [0.29, 0.717) is 5.69 Å². The summed E-state index contributed by atoms with van der Waals surface area (Å²) in [6.45, 7) is 2.95. The average molecular weight is 348 g/mol. The number of nitrogens with zero attached hydrogens (tertiary/aromatic N) is 4. The topological polar surface area (TPSA) is 112 Å². The second-order valence-electron chi connectivity index (χ2n) is 5.83. The molecule has 130 valence electrons. The lowest BCUT2D eigenvalue weighted by molar-refractivity contribution is -0.383. The standard InChI is InChI=1S/C18H16N6O2/c1-2-23-14-6-4-3-5-12(14)13-9-11(7-8-15(13)23)22-18-16(24(25)26)17(19)20-10-21-18/h3-10H,2H2,1H3,(H3,19,20,21,22). The van der Waals surface area contributed by atoms with Gasteiger partial charge in [-0.05, 0) is 31.2 Å². The zero-order chi connectivity index (χ0) is 18.3. The van der Waals surface area contributed by atoms with Crippen molar-refractivity contribution in [3.05, 3.63) is 58.9 Å². The number of nitrogens with two attached hydrogens (primary N) is 1. The number of nitro groups is 1. The van der Waals surface area contributed by atoms with Gasteiger partial charge in [-0.3, -0.25) is 10.1 Å². The highest BCUT2D eigenvalue weighted by atomic mass is 16.6. The SMILES string of the molecule is CCn1c2ccccc2c2cc(Nc3ncnc(N)c3[N+](=O)[O-])ccc21. The number of rotatable bonds is 4. The molecule has 0 amide bonds. The Labute approximate surface area is 148 Å². The number of aryl methyl sites for hydroxylation is 1. The Morgan fingerprint density at radius 3 is 2.69 bits per heavy atom. The van der Waals surface area contributed by atoms with Gasteiger partial charge in [-0.1, -0.05) is 18.2 Å². The van der Waals surface area contributed by atoms with Crippen LogP contribution in [0.4, 0.5) is 23.0 Å². The molecule has 0 saturated heterocycles. The van der Waals surface area contributed by atoms with Crippen molar-refractivity contribution < 1.29 is 4.92 Å². The zero-order valence-electron chi connectivity index (χ0n) is 14.0. The fourth-order valence-corrected chi connectivity index (χ4v) is 3.27. The van der Waals surface area contributed by atoms with Gasteiger partial charge in [-0.2, -0.15) is 0 Å². The van der Waals surface area contributed by atoms with Crippen molar-refractivity contribution in [2.24, 2.45) is 0 Å². The number of hydrogen-bond acceptors (Lipinski definition) is 6. The summed E-state index contributed by atoms with van der Waals surface area (Å²) in [5.41, 5.74) is 8.25. The van der Waals surface area contributed by atoms with E-state index in [9.17, 15) is 10.1 Å². The van der Waals surface area contributed by atoms with E-state index in [1.165, 1.54) is 6.33 Å². The first-order chi connectivity index (χ1) is 12.6. The number of para-hydroxylation sites is 1. The summed E-state index contributed by atoms with van der Waals surface area (Å²) < 4.78 is 2.24. The van der Waals surface area contributed by atoms with E-state index in [-0.39, 0.29) is 17.3 Å². The maximum atomic E-state index is 11.3. The summed E-state index contributed by atoms with van der Waals surface area (Å²) in [6.07, 6.45) is 1.20. The van der Waals surface area contributed by atoms with Gasteiger partial charge in [0.25, 0.3) is 0 Å². The Bertz CT molecular complexity index is 1150. The Kier molecular flexibility index (Phi) is 3.65. The molecule has 0 bridgehead atoms. The Hall–Kier alpha value is -3.68. The predicted octanol–water partition coefficient (Wildman–Crippen LogP) is 3.84. The highest BCUT2D eigenvalue weighted by molar-refractivity contribution is 6.09. The van der Waals surface area contributed by atoms with Crippen LogP contribution in [0.15, 0.2) is 48.8 Å². The summed E-state index contributed by atoms with van der Waals surface area (Å²) in [6, 6.07) is 14.0. The molecule has 0 spiro atoms. The molecule has 3 N–H and O–H groups in total. The third-order valence-electron chi connectivity index (χ3n) is 4.38. The third-order valence-corrected chi connectivity index (χ3v) is 4.38. The highest BCUT2D eigenvalue weighted by Crippen LogP contribution is 2.33. The van der Waals surface area contributed by atoms with Gasteiger partial charge >= 0.3 is 5.69 Å². The van der Waals surface area contributed by atoms with E-state index in [2.05, 4.69) is 38.9 Å². The van der Waals surface area contributed by atoms with Gasteiger partial charge in [0.1, 0.15) is 6.33 Å². The molecule has 0 aliphatic carbocycles. The monoisotopic (exact) mass is 348 g/mol. The van der Waals surface area contributed by atoms with Crippen LogP contribution in [-0.4, -0.2) is 19.5 Å². The quantitative estimate of drug-likeness (QED) is 0.428. The molecule has 0 radical (unpaired) electrons. The molecule has 26 heavy (non-hydrogen) atoms. The van der Waals surface area contributed by atoms with Crippen molar-refractivity contribution in [2.75, 3.05) is 11.1 Å². The van der Waals surface area contributed by atoms with E-state index in [1.807, 2.05) is 30.3 Å². The van der Waals surface area contributed by atoms with Crippen LogP contribution in [0.3, 0.4) is 0 Å². The molecule has 2 aromatic heterocycles. The van der Waals surface area contributed by atoms with Gasteiger partial charge in [0, 0.05) is 34.0 Å². The number of fused-ring (bicyclic) bond motifs is 3. The van der Waals surface area contributed by atoms with Crippen molar-refractivity contribution in [3.8, 4) is 0 Å². The maximum Gasteiger partial charge on any atom is 0.353 e. The smallest absolute Gasteiger partial charge is 0.353 e. The maximum absolute atomic E-state index is 11.3. The third kappa shape index (κ3) is 2.39. The van der Waals surface area contributed by atoms with Crippen molar-refractivity contribution in [2.45, 2.75) is 13.5 Å². The molecule has 4 aromatic rings. The van der Waals surface area contributed by atoms with E-state index in [4.69, 9.17) is 5.73 Å². The normalized spacial score (nSPS) is 11.1. The number of nitrogen functional groups attached to an aromatic ring is 1. The van der Waals surface area contributed by atoms with Gasteiger partial charge in [0.2, 0.25) is 11.6 Å². The van der Waals surface area contributed by atoms with Gasteiger partial charge in [-0.15, -0.1) is 0 Å². The number of nitrogens with one attached hydrogen (secondary N) is 1. The van der Waals surface area contributed by atoms with E-state index < -0.39 is 4.92 Å². The van der Waals surface area contributed by atoms with Crippen molar-refractivity contribution in [1.82, 2.24) is 14.5 Å². The lowest BCUT2D eigenvalue weighted by Crippen LogP contribution is -2.05.